The summed E-state index contributed by atoms with van der Waals surface area (Å²) in [6.07, 6.45) is 0.185. The Bertz CT molecular complexity index is 1110. The number of aromatic nitrogens is 2. The molecule has 1 atom stereocenters. The maximum Gasteiger partial charge on any atom is 0.254 e. The second-order valence-electron chi connectivity index (χ2n) is 7.08. The van der Waals surface area contributed by atoms with E-state index in [-0.39, 0.29) is 49.6 Å². The van der Waals surface area contributed by atoms with Gasteiger partial charge in [-0.2, -0.15) is 4.98 Å². The summed E-state index contributed by atoms with van der Waals surface area (Å²) < 4.78 is 10.6. The van der Waals surface area contributed by atoms with Crippen LogP contribution in [-0.4, -0.2) is 33.9 Å². The number of nitrogens with zero attached hydrogens (tertiary/aromatic N) is 2. The summed E-state index contributed by atoms with van der Waals surface area (Å²) in [7, 11) is 0. The van der Waals surface area contributed by atoms with Gasteiger partial charge in [0.2, 0.25) is 23.5 Å². The molecule has 164 valence electrons. The quantitative estimate of drug-likeness (QED) is 0.491. The van der Waals surface area contributed by atoms with Crippen molar-refractivity contribution in [2.45, 2.75) is 32.0 Å². The number of carbonyl (C=O) groups excluding carboxylic acids is 3. The average Bonchev–Trinajstić information content (AvgIpc) is 3.23. The van der Waals surface area contributed by atoms with Gasteiger partial charge in [0.1, 0.15) is 11.8 Å². The first kappa shape index (κ1) is 21.0. The van der Waals surface area contributed by atoms with Crippen LogP contribution in [0.4, 0.5) is 5.69 Å². The highest BCUT2D eigenvalue weighted by molar-refractivity contribution is 6.09. The SMILES string of the molecule is O=C(CCC1NC(=O)c2ccccc2NC1=O)NCc1nc(COc2ccccc2)no1. The molecule has 2 heterocycles. The lowest BCUT2D eigenvalue weighted by Crippen LogP contribution is -2.42. The molecule has 4 rings (SSSR count). The third-order valence-electron chi connectivity index (χ3n) is 4.77. The van der Waals surface area contributed by atoms with Crippen molar-refractivity contribution in [1.29, 1.82) is 0 Å². The van der Waals surface area contributed by atoms with Crippen LogP contribution in [0.25, 0.3) is 0 Å². The molecule has 0 bridgehead atoms. The number of ether oxygens (including phenoxy) is 1. The van der Waals surface area contributed by atoms with E-state index in [0.29, 0.717) is 22.8 Å². The summed E-state index contributed by atoms with van der Waals surface area (Å²) in [5.41, 5.74) is 0.835. The molecule has 0 fully saturated rings. The molecule has 1 aliphatic rings. The lowest BCUT2D eigenvalue weighted by atomic mass is 10.1. The van der Waals surface area contributed by atoms with Gasteiger partial charge in [-0.3, -0.25) is 14.4 Å². The van der Waals surface area contributed by atoms with Crippen molar-refractivity contribution in [3.63, 3.8) is 0 Å². The van der Waals surface area contributed by atoms with Gasteiger partial charge in [0, 0.05) is 6.42 Å². The number of amides is 3. The van der Waals surface area contributed by atoms with Crippen molar-refractivity contribution in [3.05, 3.63) is 71.9 Å². The summed E-state index contributed by atoms with van der Waals surface area (Å²) >= 11 is 0. The van der Waals surface area contributed by atoms with Gasteiger partial charge in [0.15, 0.2) is 6.61 Å². The number of nitrogens with one attached hydrogen (secondary N) is 3. The second kappa shape index (κ2) is 9.73. The number of rotatable bonds is 8. The molecule has 0 saturated heterocycles. The summed E-state index contributed by atoms with van der Waals surface area (Å²) in [4.78, 5) is 41.1. The Kier molecular flexibility index (Phi) is 6.40. The zero-order chi connectivity index (χ0) is 22.3. The summed E-state index contributed by atoms with van der Waals surface area (Å²) in [5, 5.41) is 11.8. The molecule has 1 aliphatic heterocycles. The van der Waals surface area contributed by atoms with Crippen LogP contribution in [0.5, 0.6) is 5.75 Å². The Morgan fingerprint density at radius 1 is 1.09 bits per heavy atom. The van der Waals surface area contributed by atoms with Gasteiger partial charge >= 0.3 is 0 Å². The number of benzene rings is 2. The molecular formula is C22H21N5O5. The third kappa shape index (κ3) is 5.28. The predicted molar refractivity (Wildman–Crippen MR) is 112 cm³/mol. The van der Waals surface area contributed by atoms with Gasteiger partial charge in [-0.05, 0) is 30.7 Å². The van der Waals surface area contributed by atoms with Crippen LogP contribution in [0, 0.1) is 0 Å². The lowest BCUT2D eigenvalue weighted by molar-refractivity contribution is -0.122. The number of fused-ring (bicyclic) bond motifs is 1. The van der Waals surface area contributed by atoms with Gasteiger partial charge in [-0.15, -0.1) is 0 Å². The van der Waals surface area contributed by atoms with E-state index in [2.05, 4.69) is 26.1 Å². The molecule has 10 heteroatoms. The lowest BCUT2D eigenvalue weighted by Gasteiger charge is -2.14. The maximum absolute atomic E-state index is 12.4. The Balaban J connectivity index is 1.22. The summed E-state index contributed by atoms with van der Waals surface area (Å²) in [6.45, 7) is 0.187. The number of anilines is 1. The maximum atomic E-state index is 12.4. The molecule has 1 unspecified atom stereocenters. The van der Waals surface area contributed by atoms with E-state index in [1.54, 1.807) is 24.3 Å². The molecule has 1 aromatic heterocycles. The smallest absolute Gasteiger partial charge is 0.254 e. The third-order valence-corrected chi connectivity index (χ3v) is 4.77. The molecule has 2 aromatic carbocycles. The largest absolute Gasteiger partial charge is 0.485 e. The van der Waals surface area contributed by atoms with Crippen LogP contribution < -0.4 is 20.7 Å². The van der Waals surface area contributed by atoms with E-state index in [9.17, 15) is 14.4 Å². The Morgan fingerprint density at radius 3 is 2.72 bits per heavy atom. The van der Waals surface area contributed by atoms with E-state index >= 15 is 0 Å². The number of hydrogen-bond donors (Lipinski definition) is 3. The van der Waals surface area contributed by atoms with E-state index < -0.39 is 6.04 Å². The van der Waals surface area contributed by atoms with Crippen molar-refractivity contribution < 1.29 is 23.6 Å². The van der Waals surface area contributed by atoms with E-state index in [0.717, 1.165) is 0 Å². The zero-order valence-electron chi connectivity index (χ0n) is 17.0. The molecule has 3 amide bonds. The first-order valence-electron chi connectivity index (χ1n) is 10.1. The minimum atomic E-state index is -0.814. The minimum Gasteiger partial charge on any atom is -0.485 e. The van der Waals surface area contributed by atoms with Crippen molar-refractivity contribution >= 4 is 23.4 Å². The molecule has 3 N–H and O–H groups in total. The minimum absolute atomic E-state index is 0.0345. The fraction of sp³-hybridized carbons (Fsp3) is 0.227. The number of carbonyl (C=O) groups is 3. The zero-order valence-corrected chi connectivity index (χ0v) is 17.0. The van der Waals surface area contributed by atoms with Crippen molar-refractivity contribution in [2.24, 2.45) is 0 Å². The molecule has 0 saturated carbocycles. The van der Waals surface area contributed by atoms with Gasteiger partial charge < -0.3 is 25.2 Å². The van der Waals surface area contributed by atoms with E-state index in [4.69, 9.17) is 9.26 Å². The summed E-state index contributed by atoms with van der Waals surface area (Å²) in [6, 6.07) is 15.2. The Labute approximate surface area is 183 Å². The first-order chi connectivity index (χ1) is 15.6. The second-order valence-corrected chi connectivity index (χ2v) is 7.08. The van der Waals surface area contributed by atoms with Crippen LogP contribution >= 0.6 is 0 Å². The van der Waals surface area contributed by atoms with E-state index in [1.165, 1.54) is 0 Å². The van der Waals surface area contributed by atoms with Crippen molar-refractivity contribution in [1.82, 2.24) is 20.8 Å². The first-order valence-corrected chi connectivity index (χ1v) is 10.1. The number of para-hydroxylation sites is 2. The van der Waals surface area contributed by atoms with E-state index in [1.807, 2.05) is 30.3 Å². The molecule has 0 spiro atoms. The molecule has 10 nitrogen and oxygen atoms in total. The van der Waals surface area contributed by atoms with Gasteiger partial charge in [0.25, 0.3) is 5.91 Å². The van der Waals surface area contributed by atoms with Gasteiger partial charge in [0.05, 0.1) is 17.8 Å². The van der Waals surface area contributed by atoms with Crippen molar-refractivity contribution in [2.75, 3.05) is 5.32 Å². The highest BCUT2D eigenvalue weighted by Gasteiger charge is 2.27. The predicted octanol–water partition coefficient (Wildman–Crippen LogP) is 1.80. The number of hydrogen-bond acceptors (Lipinski definition) is 7. The topological polar surface area (TPSA) is 135 Å². The van der Waals surface area contributed by atoms with Crippen LogP contribution in [0.2, 0.25) is 0 Å². The molecule has 0 radical (unpaired) electrons. The van der Waals surface area contributed by atoms with Gasteiger partial charge in [-0.1, -0.05) is 35.5 Å². The fourth-order valence-electron chi connectivity index (χ4n) is 3.14. The average molecular weight is 435 g/mol. The van der Waals surface area contributed by atoms with Crippen molar-refractivity contribution in [3.8, 4) is 5.75 Å². The standard InChI is InChI=1S/C22H21N5O5/c28-19(11-10-17-22(30)24-16-9-5-4-8-15(16)21(29)25-17)23-12-20-26-18(27-32-20)13-31-14-6-2-1-3-7-14/h1-9,17H,10-13H2,(H,23,28)(H,24,30)(H,25,29). The molecule has 32 heavy (non-hydrogen) atoms. The molecular weight excluding hydrogens is 414 g/mol. The van der Waals surface area contributed by atoms with Crippen LogP contribution in [0.15, 0.2) is 59.1 Å². The molecule has 3 aromatic rings. The van der Waals surface area contributed by atoms with Crippen LogP contribution in [-0.2, 0) is 22.7 Å². The van der Waals surface area contributed by atoms with Crippen LogP contribution in [0.1, 0.15) is 34.9 Å². The van der Waals surface area contributed by atoms with Gasteiger partial charge in [-0.25, -0.2) is 0 Å². The van der Waals surface area contributed by atoms with Crippen LogP contribution in [0.3, 0.4) is 0 Å². The Hall–Kier alpha value is -4.21. The molecule has 0 aliphatic carbocycles. The Morgan fingerprint density at radius 2 is 1.88 bits per heavy atom. The fourth-order valence-corrected chi connectivity index (χ4v) is 3.14. The highest BCUT2D eigenvalue weighted by Crippen LogP contribution is 2.19. The normalized spacial score (nSPS) is 15.2. The monoisotopic (exact) mass is 435 g/mol. The summed E-state index contributed by atoms with van der Waals surface area (Å²) in [5.74, 6) is 0.243. The highest BCUT2D eigenvalue weighted by atomic mass is 16.5.